The third kappa shape index (κ3) is 3.09. The second-order valence-corrected chi connectivity index (χ2v) is 4.90. The predicted molar refractivity (Wildman–Crippen MR) is 69.2 cm³/mol. The lowest BCUT2D eigenvalue weighted by Crippen LogP contribution is -2.54. The smallest absolute Gasteiger partial charge is 0.267 e. The average molecular weight is 285 g/mol. The van der Waals surface area contributed by atoms with E-state index in [1.165, 1.54) is 0 Å². The van der Waals surface area contributed by atoms with Crippen LogP contribution in [0.3, 0.4) is 0 Å². The van der Waals surface area contributed by atoms with Gasteiger partial charge in [-0.25, -0.2) is 0 Å². The quantitative estimate of drug-likeness (QED) is 0.445. The van der Waals surface area contributed by atoms with Crippen molar-refractivity contribution in [2.24, 2.45) is 0 Å². The number of ether oxygens (including phenoxy) is 1. The molecule has 0 radical (unpaired) electrons. The van der Waals surface area contributed by atoms with E-state index in [1.54, 1.807) is 6.92 Å². The molecular formula is C12H19N3O5. The van der Waals surface area contributed by atoms with E-state index in [2.05, 4.69) is 15.5 Å². The summed E-state index contributed by atoms with van der Waals surface area (Å²) in [4.78, 5) is 23.4. The molecule has 0 aromatic carbocycles. The lowest BCUT2D eigenvalue weighted by Gasteiger charge is -2.34. The van der Waals surface area contributed by atoms with Gasteiger partial charge in [0.1, 0.15) is 12.2 Å². The van der Waals surface area contributed by atoms with E-state index in [0.717, 1.165) is 0 Å². The van der Waals surface area contributed by atoms with E-state index < -0.39 is 18.2 Å². The van der Waals surface area contributed by atoms with Crippen LogP contribution in [-0.4, -0.2) is 57.8 Å². The van der Waals surface area contributed by atoms with Crippen LogP contribution in [-0.2, 0) is 16.0 Å². The molecule has 0 aliphatic carbocycles. The number of aromatic amines is 2. The van der Waals surface area contributed by atoms with Gasteiger partial charge in [-0.15, -0.1) is 0 Å². The first-order valence-electron chi connectivity index (χ1n) is 6.49. The van der Waals surface area contributed by atoms with Gasteiger partial charge in [-0.05, 0) is 13.3 Å². The highest BCUT2D eigenvalue weighted by Crippen LogP contribution is 2.14. The van der Waals surface area contributed by atoms with Gasteiger partial charge < -0.3 is 25.4 Å². The number of nitrogens with one attached hydrogen (secondary N) is 3. The van der Waals surface area contributed by atoms with Gasteiger partial charge in [0.05, 0.1) is 19.1 Å². The minimum atomic E-state index is -0.955. The molecule has 1 aromatic rings. The molecule has 1 aromatic heterocycles. The normalized spacial score (nSPS) is 26.4. The highest BCUT2D eigenvalue weighted by atomic mass is 16.5. The van der Waals surface area contributed by atoms with Crippen LogP contribution in [0, 0.1) is 6.92 Å². The fourth-order valence-corrected chi connectivity index (χ4v) is 2.30. The van der Waals surface area contributed by atoms with Crippen LogP contribution < -0.4 is 10.9 Å². The van der Waals surface area contributed by atoms with Crippen LogP contribution in [0.25, 0.3) is 0 Å². The summed E-state index contributed by atoms with van der Waals surface area (Å²) in [5, 5.41) is 26.7. The summed E-state index contributed by atoms with van der Waals surface area (Å²) in [6, 6.07) is -0.480. The van der Waals surface area contributed by atoms with E-state index >= 15 is 0 Å². The molecule has 0 bridgehead atoms. The highest BCUT2D eigenvalue weighted by molar-refractivity contribution is 5.79. The highest BCUT2D eigenvalue weighted by Gasteiger charge is 2.33. The van der Waals surface area contributed by atoms with Crippen molar-refractivity contribution < 1.29 is 19.7 Å². The van der Waals surface area contributed by atoms with Crippen molar-refractivity contribution in [2.75, 3.05) is 13.2 Å². The van der Waals surface area contributed by atoms with Gasteiger partial charge in [0.25, 0.3) is 5.56 Å². The van der Waals surface area contributed by atoms with Crippen LogP contribution in [0.5, 0.6) is 0 Å². The molecule has 1 saturated heterocycles. The van der Waals surface area contributed by atoms with Crippen molar-refractivity contribution in [3.05, 3.63) is 21.6 Å². The van der Waals surface area contributed by atoms with Gasteiger partial charge >= 0.3 is 0 Å². The van der Waals surface area contributed by atoms with Crippen LogP contribution >= 0.6 is 0 Å². The number of H-pyrrole nitrogens is 2. The summed E-state index contributed by atoms with van der Waals surface area (Å²) >= 11 is 0. The van der Waals surface area contributed by atoms with E-state index in [9.17, 15) is 14.7 Å². The van der Waals surface area contributed by atoms with Crippen molar-refractivity contribution >= 4 is 5.91 Å². The molecule has 112 valence electrons. The molecule has 1 aliphatic heterocycles. The number of aryl methyl sites for hydroxylation is 1. The molecule has 1 fully saturated rings. The second-order valence-electron chi connectivity index (χ2n) is 4.90. The van der Waals surface area contributed by atoms with Gasteiger partial charge in [-0.1, -0.05) is 0 Å². The molecule has 0 unspecified atom stereocenters. The lowest BCUT2D eigenvalue weighted by molar-refractivity contribution is -0.131. The molecule has 5 N–H and O–H groups in total. The number of carbonyl (C=O) groups excluding carboxylic acids is 1. The summed E-state index contributed by atoms with van der Waals surface area (Å²) in [5.41, 5.74) is 0.673. The van der Waals surface area contributed by atoms with Crippen LogP contribution in [0.1, 0.15) is 17.7 Å². The van der Waals surface area contributed by atoms with Gasteiger partial charge in [0.15, 0.2) is 0 Å². The molecule has 2 rings (SSSR count). The maximum absolute atomic E-state index is 11.9. The maximum Gasteiger partial charge on any atom is 0.267 e. The molecule has 8 nitrogen and oxygen atoms in total. The molecule has 20 heavy (non-hydrogen) atoms. The van der Waals surface area contributed by atoms with Gasteiger partial charge in [0, 0.05) is 17.9 Å². The van der Waals surface area contributed by atoms with Gasteiger partial charge in [-0.2, -0.15) is 0 Å². The fraction of sp³-hybridized carbons (Fsp3) is 0.667. The largest absolute Gasteiger partial charge is 0.394 e. The van der Waals surface area contributed by atoms with Crippen molar-refractivity contribution in [1.29, 1.82) is 0 Å². The van der Waals surface area contributed by atoms with E-state index in [0.29, 0.717) is 24.3 Å². The topological polar surface area (TPSA) is 127 Å². The Hall–Kier alpha value is -1.64. The van der Waals surface area contributed by atoms with Crippen LogP contribution in [0.15, 0.2) is 4.79 Å². The molecular weight excluding hydrogens is 266 g/mol. The lowest BCUT2D eigenvalue weighted by atomic mass is 9.99. The number of aromatic nitrogens is 2. The first-order chi connectivity index (χ1) is 9.52. The molecule has 1 amide bonds. The summed E-state index contributed by atoms with van der Waals surface area (Å²) in [7, 11) is 0. The first-order valence-corrected chi connectivity index (χ1v) is 6.49. The third-order valence-corrected chi connectivity index (χ3v) is 3.51. The molecule has 3 atom stereocenters. The fourth-order valence-electron chi connectivity index (χ4n) is 2.30. The molecule has 1 aliphatic rings. The Labute approximate surface area is 115 Å². The number of hydrogen-bond donors (Lipinski definition) is 5. The molecule has 2 heterocycles. The van der Waals surface area contributed by atoms with E-state index in [-0.39, 0.29) is 24.5 Å². The monoisotopic (exact) mass is 285 g/mol. The van der Waals surface area contributed by atoms with Gasteiger partial charge in [0.2, 0.25) is 5.91 Å². The number of aliphatic hydroxyl groups is 2. The second kappa shape index (κ2) is 6.21. The number of aliphatic hydroxyl groups excluding tert-OH is 2. The Morgan fingerprint density at radius 1 is 1.50 bits per heavy atom. The first kappa shape index (κ1) is 14.8. The predicted octanol–water partition coefficient (Wildman–Crippen LogP) is -1.82. The van der Waals surface area contributed by atoms with Crippen molar-refractivity contribution in [1.82, 2.24) is 15.5 Å². The zero-order valence-electron chi connectivity index (χ0n) is 11.2. The number of carbonyl (C=O) groups is 1. The van der Waals surface area contributed by atoms with Crippen molar-refractivity contribution in [3.8, 4) is 0 Å². The Morgan fingerprint density at radius 3 is 2.85 bits per heavy atom. The van der Waals surface area contributed by atoms with Crippen molar-refractivity contribution in [2.45, 2.75) is 38.0 Å². The average Bonchev–Trinajstić information content (AvgIpc) is 2.73. The minimum absolute atomic E-state index is 0.0570. The maximum atomic E-state index is 11.9. The summed E-state index contributed by atoms with van der Waals surface area (Å²) in [5.74, 6) is -0.346. The molecule has 8 heteroatoms. The van der Waals surface area contributed by atoms with E-state index in [4.69, 9.17) is 9.84 Å². The van der Waals surface area contributed by atoms with Crippen LogP contribution in [0.2, 0.25) is 0 Å². The summed E-state index contributed by atoms with van der Waals surface area (Å²) in [6.45, 7) is 1.76. The Bertz CT molecular complexity index is 523. The zero-order valence-corrected chi connectivity index (χ0v) is 11.2. The standard InChI is InChI=1S/C12H19N3O5/c1-6-7(12(19)15-14-6)4-10(17)13-8-2-3-20-9(5-16)11(8)18/h8-9,11,16,18H,2-5H2,1H3,(H,13,17)(H2,14,15,19)/t8-,9+,11-/m0/s1. The van der Waals surface area contributed by atoms with E-state index in [1.807, 2.05) is 0 Å². The Balaban J connectivity index is 1.96. The number of hydrogen-bond acceptors (Lipinski definition) is 5. The SMILES string of the molecule is Cc1[nH][nH]c(=O)c1CC(=O)N[C@H]1CCO[C@H](CO)[C@H]1O. The van der Waals surface area contributed by atoms with Gasteiger partial charge in [-0.3, -0.25) is 14.7 Å². The van der Waals surface area contributed by atoms with Crippen molar-refractivity contribution in [3.63, 3.8) is 0 Å². The Kier molecular flexibility index (Phi) is 4.58. The summed E-state index contributed by atoms with van der Waals surface area (Å²) in [6.07, 6.45) is -1.24. The number of rotatable bonds is 4. The van der Waals surface area contributed by atoms with Crippen LogP contribution in [0.4, 0.5) is 0 Å². The number of amides is 1. The summed E-state index contributed by atoms with van der Waals surface area (Å²) < 4.78 is 5.18. The third-order valence-electron chi connectivity index (χ3n) is 3.51. The zero-order chi connectivity index (χ0) is 14.7. The molecule has 0 saturated carbocycles. The Morgan fingerprint density at radius 2 is 2.25 bits per heavy atom. The molecule has 0 spiro atoms. The minimum Gasteiger partial charge on any atom is -0.394 e.